The molecule has 0 saturated carbocycles. The molecule has 9 heteroatoms. The van der Waals surface area contributed by atoms with Gasteiger partial charge in [-0.05, 0) is 47.9 Å². The third-order valence-electron chi connectivity index (χ3n) is 6.22. The summed E-state index contributed by atoms with van der Waals surface area (Å²) in [7, 11) is 1.61. The number of nitrogens with zero attached hydrogens (tertiary/aromatic N) is 3. The maximum absolute atomic E-state index is 13.0. The van der Waals surface area contributed by atoms with Gasteiger partial charge in [0.15, 0.2) is 5.17 Å². The Bertz CT molecular complexity index is 1390. The number of benzene rings is 3. The Morgan fingerprint density at radius 1 is 1.05 bits per heavy atom. The zero-order chi connectivity index (χ0) is 25.8. The van der Waals surface area contributed by atoms with Crippen LogP contribution < -0.4 is 10.1 Å². The average molecular weight is 533 g/mol. The fourth-order valence-corrected chi connectivity index (χ4v) is 5.57. The highest BCUT2D eigenvalue weighted by atomic mass is 35.5. The number of methoxy groups -OCH3 is 1. The number of fused-ring (bicyclic) bond motifs is 3. The minimum absolute atomic E-state index is 0.128. The molecule has 2 aliphatic rings. The lowest BCUT2D eigenvalue weighted by Gasteiger charge is -2.31. The van der Waals surface area contributed by atoms with Gasteiger partial charge in [-0.25, -0.2) is 4.99 Å². The molecule has 0 radical (unpaired) electrons. The van der Waals surface area contributed by atoms with Crippen LogP contribution in [0.4, 0.5) is 5.69 Å². The van der Waals surface area contributed by atoms with Crippen molar-refractivity contribution in [3.05, 3.63) is 94.5 Å². The van der Waals surface area contributed by atoms with E-state index in [9.17, 15) is 9.59 Å². The number of carbonyl (C=O) groups excluding carboxylic acids is 2. The second-order valence-corrected chi connectivity index (χ2v) is 9.96. The van der Waals surface area contributed by atoms with Gasteiger partial charge in [-0.3, -0.25) is 14.5 Å². The molecule has 0 aliphatic carbocycles. The van der Waals surface area contributed by atoms with Crippen LogP contribution in [-0.4, -0.2) is 40.9 Å². The first-order valence-electron chi connectivity index (χ1n) is 11.9. The number of hydrogen-bond donors (Lipinski definition) is 1. The first kappa shape index (κ1) is 25.0. The maximum Gasteiger partial charge on any atom is 0.270 e. The lowest BCUT2D eigenvalue weighted by molar-refractivity contribution is -0.122. The van der Waals surface area contributed by atoms with Gasteiger partial charge in [0, 0.05) is 29.3 Å². The van der Waals surface area contributed by atoms with Crippen molar-refractivity contribution in [2.75, 3.05) is 7.11 Å². The minimum atomic E-state index is -0.590. The molecule has 7 nitrogen and oxygen atoms in total. The molecule has 1 atom stereocenters. The molecule has 2 amide bonds. The van der Waals surface area contributed by atoms with E-state index in [4.69, 9.17) is 21.3 Å². The van der Waals surface area contributed by atoms with Crippen LogP contribution in [0.15, 0.2) is 82.8 Å². The van der Waals surface area contributed by atoms with Crippen LogP contribution in [0.1, 0.15) is 29.5 Å². The van der Waals surface area contributed by atoms with E-state index in [1.807, 2.05) is 77.7 Å². The van der Waals surface area contributed by atoms with Crippen molar-refractivity contribution < 1.29 is 14.3 Å². The summed E-state index contributed by atoms with van der Waals surface area (Å²) in [6, 6.07) is 22.2. The summed E-state index contributed by atoms with van der Waals surface area (Å²) in [5, 5.41) is 4.29. The molecule has 37 heavy (non-hydrogen) atoms. The van der Waals surface area contributed by atoms with Crippen molar-refractivity contribution in [3.8, 4) is 5.75 Å². The number of rotatable bonds is 8. The molecule has 0 fully saturated rings. The van der Waals surface area contributed by atoms with E-state index in [1.165, 1.54) is 11.8 Å². The summed E-state index contributed by atoms with van der Waals surface area (Å²) in [6.07, 6.45) is 0.518. The van der Waals surface area contributed by atoms with Gasteiger partial charge < -0.3 is 10.1 Å². The minimum Gasteiger partial charge on any atom is -0.497 e. The Hall–Kier alpha value is -3.62. The third kappa shape index (κ3) is 5.55. The van der Waals surface area contributed by atoms with Crippen molar-refractivity contribution in [2.24, 2.45) is 9.98 Å². The summed E-state index contributed by atoms with van der Waals surface area (Å²) >= 11 is 7.87. The molecule has 2 heterocycles. The van der Waals surface area contributed by atoms with E-state index in [1.54, 1.807) is 7.11 Å². The van der Waals surface area contributed by atoms with E-state index >= 15 is 0 Å². The Kier molecular flexibility index (Phi) is 7.58. The summed E-state index contributed by atoms with van der Waals surface area (Å²) in [4.78, 5) is 36.8. The highest BCUT2D eigenvalue weighted by Crippen LogP contribution is 2.36. The normalized spacial score (nSPS) is 16.0. The van der Waals surface area contributed by atoms with Gasteiger partial charge in [0.25, 0.3) is 5.91 Å². The summed E-state index contributed by atoms with van der Waals surface area (Å²) in [6.45, 7) is 0.403. The van der Waals surface area contributed by atoms with Gasteiger partial charge in [0.1, 0.15) is 17.6 Å². The standard InChI is InChI=1S/C28H25ClN4O3S/c1-36-20-12-10-18(11-13-20)16-30-25(34)15-14-24-27(35)32-26-21-7-3-5-9-23(21)31-28(33(24)26)37-17-19-6-2-4-8-22(19)29/h2-13,24H,14-17H2,1H3,(H,30,34). The largest absolute Gasteiger partial charge is 0.497 e. The molecule has 188 valence electrons. The zero-order valence-corrected chi connectivity index (χ0v) is 21.8. The zero-order valence-electron chi connectivity index (χ0n) is 20.2. The summed E-state index contributed by atoms with van der Waals surface area (Å²) < 4.78 is 5.17. The second kappa shape index (κ2) is 11.2. The quantitative estimate of drug-likeness (QED) is 0.423. The Balaban J connectivity index is 1.28. The predicted molar refractivity (Wildman–Crippen MR) is 148 cm³/mol. The molecule has 0 aromatic heterocycles. The molecule has 5 rings (SSSR count). The number of halogens is 1. The molecular weight excluding hydrogens is 508 g/mol. The monoisotopic (exact) mass is 532 g/mol. The van der Waals surface area contributed by atoms with Gasteiger partial charge in [-0.2, -0.15) is 4.99 Å². The van der Waals surface area contributed by atoms with Gasteiger partial charge in [-0.1, -0.05) is 65.8 Å². The second-order valence-electron chi connectivity index (χ2n) is 8.61. The van der Waals surface area contributed by atoms with Crippen LogP contribution in [0, 0.1) is 0 Å². The molecule has 0 spiro atoms. The number of aliphatic imine (C=N–C) groups is 2. The number of hydrogen-bond acceptors (Lipinski definition) is 6. The Morgan fingerprint density at radius 2 is 1.81 bits per heavy atom. The number of para-hydroxylation sites is 1. The van der Waals surface area contributed by atoms with Crippen molar-refractivity contribution >= 4 is 51.9 Å². The number of thioether (sulfide) groups is 1. The van der Waals surface area contributed by atoms with E-state index in [2.05, 4.69) is 10.3 Å². The van der Waals surface area contributed by atoms with Crippen LogP contribution in [0.5, 0.6) is 5.75 Å². The van der Waals surface area contributed by atoms with Crippen LogP contribution >= 0.6 is 23.4 Å². The van der Waals surface area contributed by atoms with Gasteiger partial charge in [0.2, 0.25) is 5.91 Å². The molecule has 0 saturated heterocycles. The third-order valence-corrected chi connectivity index (χ3v) is 7.59. The van der Waals surface area contributed by atoms with Gasteiger partial charge in [-0.15, -0.1) is 0 Å². The molecule has 2 aliphatic heterocycles. The number of amides is 2. The average Bonchev–Trinajstić information content (AvgIpc) is 3.26. The fraction of sp³-hybridized carbons (Fsp3) is 0.214. The van der Waals surface area contributed by atoms with Crippen LogP contribution in [0.25, 0.3) is 0 Å². The molecule has 3 aromatic carbocycles. The Labute approximate surface area is 224 Å². The van der Waals surface area contributed by atoms with Crippen LogP contribution in [0.3, 0.4) is 0 Å². The SMILES string of the molecule is COc1ccc(CNC(=O)CCC2C(=O)N=C3c4ccccc4N=C(SCc4ccccc4Cl)N32)cc1. The lowest BCUT2D eigenvalue weighted by Crippen LogP contribution is -2.44. The van der Waals surface area contributed by atoms with Crippen LogP contribution in [-0.2, 0) is 21.9 Å². The van der Waals surface area contributed by atoms with Crippen LogP contribution in [0.2, 0.25) is 5.02 Å². The number of amidine groups is 2. The topological polar surface area (TPSA) is 83.4 Å². The van der Waals surface area contributed by atoms with Gasteiger partial charge in [0.05, 0.1) is 12.8 Å². The van der Waals surface area contributed by atoms with E-state index in [-0.39, 0.29) is 18.2 Å². The van der Waals surface area contributed by atoms with E-state index < -0.39 is 6.04 Å². The molecular formula is C28H25ClN4O3S. The highest BCUT2D eigenvalue weighted by Gasteiger charge is 2.41. The molecule has 1 unspecified atom stereocenters. The van der Waals surface area contributed by atoms with Crippen molar-refractivity contribution in [1.82, 2.24) is 10.2 Å². The number of ether oxygens (including phenoxy) is 1. The first-order valence-corrected chi connectivity index (χ1v) is 13.3. The molecule has 0 bridgehead atoms. The molecule has 3 aromatic rings. The van der Waals surface area contributed by atoms with Crippen molar-refractivity contribution in [2.45, 2.75) is 31.2 Å². The maximum atomic E-state index is 13.0. The van der Waals surface area contributed by atoms with Gasteiger partial charge >= 0.3 is 0 Å². The van der Waals surface area contributed by atoms with E-state index in [0.29, 0.717) is 34.7 Å². The number of carbonyl (C=O) groups is 2. The molecule has 1 N–H and O–H groups in total. The van der Waals surface area contributed by atoms with Crippen molar-refractivity contribution in [1.29, 1.82) is 0 Å². The summed E-state index contributed by atoms with van der Waals surface area (Å²) in [5.41, 5.74) is 3.53. The summed E-state index contributed by atoms with van der Waals surface area (Å²) in [5.74, 6) is 1.55. The lowest BCUT2D eigenvalue weighted by atomic mass is 10.1. The van der Waals surface area contributed by atoms with E-state index in [0.717, 1.165) is 28.1 Å². The fourth-order valence-electron chi connectivity index (χ4n) is 4.23. The predicted octanol–water partition coefficient (Wildman–Crippen LogP) is 5.34. The number of nitrogens with one attached hydrogen (secondary N) is 1. The van der Waals surface area contributed by atoms with Crippen molar-refractivity contribution in [3.63, 3.8) is 0 Å². The smallest absolute Gasteiger partial charge is 0.270 e. The Morgan fingerprint density at radius 3 is 2.59 bits per heavy atom. The first-order chi connectivity index (χ1) is 18.0. The highest BCUT2D eigenvalue weighted by molar-refractivity contribution is 8.13.